The molecule has 0 atom stereocenters. The molecule has 1 amide bonds. The second-order valence-corrected chi connectivity index (χ2v) is 9.83. The van der Waals surface area contributed by atoms with Crippen LogP contribution in [0, 0.1) is 0 Å². The zero-order valence-corrected chi connectivity index (χ0v) is 18.4. The summed E-state index contributed by atoms with van der Waals surface area (Å²) < 4.78 is 27.3. The summed E-state index contributed by atoms with van der Waals surface area (Å²) in [6, 6.07) is 13.8. The number of sulfone groups is 1. The molecule has 3 aromatic rings. The summed E-state index contributed by atoms with van der Waals surface area (Å²) in [6.07, 6.45) is 4.81. The molecule has 0 saturated heterocycles. The smallest absolute Gasteiger partial charge is 0.256 e. The maximum atomic E-state index is 13.0. The quantitative estimate of drug-likeness (QED) is 0.625. The van der Waals surface area contributed by atoms with Crippen LogP contribution in [0.5, 0.6) is 0 Å². The number of anilines is 1. The van der Waals surface area contributed by atoms with Crippen molar-refractivity contribution < 1.29 is 13.2 Å². The molecule has 4 rings (SSSR count). The van der Waals surface area contributed by atoms with E-state index in [0.717, 1.165) is 43.0 Å². The van der Waals surface area contributed by atoms with E-state index in [0.29, 0.717) is 12.1 Å². The molecule has 162 valence electrons. The SMILES string of the molecule is CCCS(=O)(=O)c1ccccc1C(=O)Nc1cccc(-c2nnc3n2CCCCC3)c1. The van der Waals surface area contributed by atoms with Crippen molar-refractivity contribution in [1.29, 1.82) is 0 Å². The lowest BCUT2D eigenvalue weighted by Gasteiger charge is -2.12. The summed E-state index contributed by atoms with van der Waals surface area (Å²) in [5.74, 6) is 1.34. The van der Waals surface area contributed by atoms with E-state index in [9.17, 15) is 13.2 Å². The Hall–Kier alpha value is -3.00. The maximum absolute atomic E-state index is 13.0. The van der Waals surface area contributed by atoms with Gasteiger partial charge in [-0.25, -0.2) is 8.42 Å². The van der Waals surface area contributed by atoms with E-state index in [-0.39, 0.29) is 16.2 Å². The van der Waals surface area contributed by atoms with E-state index in [1.54, 1.807) is 31.2 Å². The highest BCUT2D eigenvalue weighted by Crippen LogP contribution is 2.26. The molecule has 2 heterocycles. The Labute approximate surface area is 182 Å². The molecule has 0 saturated carbocycles. The summed E-state index contributed by atoms with van der Waals surface area (Å²) in [5, 5.41) is 11.6. The van der Waals surface area contributed by atoms with E-state index < -0.39 is 15.7 Å². The number of aryl methyl sites for hydroxylation is 1. The molecular weight excluding hydrogens is 412 g/mol. The standard InChI is InChI=1S/C23H26N4O3S/c1-2-15-31(29,30)20-12-6-5-11-19(20)23(28)24-18-10-8-9-17(16-18)22-26-25-21-13-4-3-7-14-27(21)22/h5-6,8-12,16H,2-4,7,13-15H2,1H3,(H,24,28). The fraction of sp³-hybridized carbons (Fsp3) is 0.348. The fourth-order valence-corrected chi connectivity index (χ4v) is 5.48. The van der Waals surface area contributed by atoms with Crippen LogP contribution in [0.4, 0.5) is 5.69 Å². The molecular formula is C23H26N4O3S. The highest BCUT2D eigenvalue weighted by molar-refractivity contribution is 7.91. The van der Waals surface area contributed by atoms with Crippen molar-refractivity contribution in [2.45, 2.75) is 50.5 Å². The predicted molar refractivity (Wildman–Crippen MR) is 120 cm³/mol. The van der Waals surface area contributed by atoms with Gasteiger partial charge >= 0.3 is 0 Å². The van der Waals surface area contributed by atoms with Crippen molar-refractivity contribution in [1.82, 2.24) is 14.8 Å². The molecule has 2 aromatic carbocycles. The molecule has 1 aromatic heterocycles. The Balaban J connectivity index is 1.61. The van der Waals surface area contributed by atoms with Gasteiger partial charge in [-0.2, -0.15) is 0 Å². The number of nitrogens with zero attached hydrogens (tertiary/aromatic N) is 3. The van der Waals surface area contributed by atoms with Gasteiger partial charge in [-0.15, -0.1) is 10.2 Å². The monoisotopic (exact) mass is 438 g/mol. The van der Waals surface area contributed by atoms with Crippen molar-refractivity contribution in [2.24, 2.45) is 0 Å². The molecule has 0 spiro atoms. The summed E-state index contributed by atoms with van der Waals surface area (Å²) in [4.78, 5) is 13.0. The molecule has 8 heteroatoms. The van der Waals surface area contributed by atoms with Crippen LogP contribution in [0.25, 0.3) is 11.4 Å². The lowest BCUT2D eigenvalue weighted by atomic mass is 10.1. The Bertz CT molecular complexity index is 1200. The van der Waals surface area contributed by atoms with Gasteiger partial charge in [-0.3, -0.25) is 4.79 Å². The first-order valence-electron chi connectivity index (χ1n) is 10.7. The highest BCUT2D eigenvalue weighted by Gasteiger charge is 2.22. The van der Waals surface area contributed by atoms with Crippen LogP contribution in [-0.2, 0) is 22.8 Å². The summed E-state index contributed by atoms with van der Waals surface area (Å²) >= 11 is 0. The number of carbonyl (C=O) groups is 1. The van der Waals surface area contributed by atoms with Gasteiger partial charge in [-0.1, -0.05) is 37.6 Å². The Morgan fingerprint density at radius 1 is 1.06 bits per heavy atom. The maximum Gasteiger partial charge on any atom is 0.256 e. The number of hydrogen-bond donors (Lipinski definition) is 1. The van der Waals surface area contributed by atoms with Gasteiger partial charge in [-0.05, 0) is 43.5 Å². The zero-order chi connectivity index (χ0) is 21.8. The van der Waals surface area contributed by atoms with Crippen LogP contribution in [0.15, 0.2) is 53.4 Å². The number of rotatable bonds is 6. The van der Waals surface area contributed by atoms with Gasteiger partial charge in [0, 0.05) is 24.2 Å². The zero-order valence-electron chi connectivity index (χ0n) is 17.5. The summed E-state index contributed by atoms with van der Waals surface area (Å²) in [7, 11) is -3.52. The lowest BCUT2D eigenvalue weighted by molar-refractivity contribution is 0.102. The van der Waals surface area contributed by atoms with Crippen LogP contribution < -0.4 is 5.32 Å². The number of aromatic nitrogens is 3. The van der Waals surface area contributed by atoms with E-state index >= 15 is 0 Å². The number of amides is 1. The minimum Gasteiger partial charge on any atom is -0.322 e. The number of carbonyl (C=O) groups excluding carboxylic acids is 1. The molecule has 1 aliphatic heterocycles. The first kappa shape index (κ1) is 21.2. The van der Waals surface area contributed by atoms with Crippen molar-refractivity contribution in [3.63, 3.8) is 0 Å². The van der Waals surface area contributed by atoms with Crippen molar-refractivity contribution in [2.75, 3.05) is 11.1 Å². The molecule has 0 radical (unpaired) electrons. The van der Waals surface area contributed by atoms with Gasteiger partial charge in [0.1, 0.15) is 5.82 Å². The van der Waals surface area contributed by atoms with Crippen LogP contribution >= 0.6 is 0 Å². The number of fused-ring (bicyclic) bond motifs is 1. The van der Waals surface area contributed by atoms with Gasteiger partial charge in [0.2, 0.25) is 0 Å². The molecule has 0 fully saturated rings. The topological polar surface area (TPSA) is 93.9 Å². The largest absolute Gasteiger partial charge is 0.322 e. The van der Waals surface area contributed by atoms with Gasteiger partial charge in [0.15, 0.2) is 15.7 Å². The third kappa shape index (κ3) is 4.54. The average molecular weight is 439 g/mol. The number of nitrogens with one attached hydrogen (secondary N) is 1. The van der Waals surface area contributed by atoms with Crippen LogP contribution in [0.2, 0.25) is 0 Å². The highest BCUT2D eigenvalue weighted by atomic mass is 32.2. The van der Waals surface area contributed by atoms with Gasteiger partial charge < -0.3 is 9.88 Å². The lowest BCUT2D eigenvalue weighted by Crippen LogP contribution is -2.17. The first-order valence-corrected chi connectivity index (χ1v) is 12.3. The normalized spacial score (nSPS) is 14.0. The molecule has 7 nitrogen and oxygen atoms in total. The molecule has 1 aliphatic rings. The molecule has 0 unspecified atom stereocenters. The van der Waals surface area contributed by atoms with Crippen molar-refractivity contribution in [3.05, 3.63) is 59.9 Å². The van der Waals surface area contributed by atoms with Gasteiger partial charge in [0.25, 0.3) is 5.91 Å². The Kier molecular flexibility index (Phi) is 6.18. The Morgan fingerprint density at radius 3 is 2.74 bits per heavy atom. The first-order chi connectivity index (χ1) is 15.0. The summed E-state index contributed by atoms with van der Waals surface area (Å²) in [5.41, 5.74) is 1.60. The van der Waals surface area contributed by atoms with E-state index in [1.165, 1.54) is 12.5 Å². The van der Waals surface area contributed by atoms with E-state index in [1.807, 2.05) is 18.2 Å². The van der Waals surface area contributed by atoms with E-state index in [2.05, 4.69) is 20.1 Å². The second-order valence-electron chi connectivity index (χ2n) is 7.75. The average Bonchev–Trinajstić information content (AvgIpc) is 3.02. The molecule has 31 heavy (non-hydrogen) atoms. The van der Waals surface area contributed by atoms with Crippen LogP contribution in [-0.4, -0.2) is 34.8 Å². The summed E-state index contributed by atoms with van der Waals surface area (Å²) in [6.45, 7) is 2.69. The molecule has 0 bridgehead atoms. The van der Waals surface area contributed by atoms with Crippen LogP contribution in [0.1, 0.15) is 48.8 Å². The third-order valence-electron chi connectivity index (χ3n) is 5.43. The number of benzene rings is 2. The molecule has 1 N–H and O–H groups in total. The van der Waals surface area contributed by atoms with Gasteiger partial charge in [0.05, 0.1) is 16.2 Å². The van der Waals surface area contributed by atoms with E-state index in [4.69, 9.17) is 0 Å². The minimum atomic E-state index is -3.52. The van der Waals surface area contributed by atoms with Crippen LogP contribution in [0.3, 0.4) is 0 Å². The second kappa shape index (κ2) is 9.01. The minimum absolute atomic E-state index is 0.00473. The molecule has 0 aliphatic carbocycles. The van der Waals surface area contributed by atoms with Crippen molar-refractivity contribution in [3.8, 4) is 11.4 Å². The number of hydrogen-bond acceptors (Lipinski definition) is 5. The Morgan fingerprint density at radius 2 is 1.90 bits per heavy atom. The fourth-order valence-electron chi connectivity index (χ4n) is 3.94. The van der Waals surface area contributed by atoms with Crippen molar-refractivity contribution >= 4 is 21.4 Å². The predicted octanol–water partition coefficient (Wildman–Crippen LogP) is 4.11. The third-order valence-corrected chi connectivity index (χ3v) is 7.40.